The minimum absolute atomic E-state index is 0.110. The van der Waals surface area contributed by atoms with Crippen LogP contribution in [-0.4, -0.2) is 41.8 Å². The highest BCUT2D eigenvalue weighted by molar-refractivity contribution is 5.69. The average Bonchev–Trinajstić information content (AvgIpc) is 2.37. The number of hydrogen-bond donors (Lipinski definition) is 0. The Morgan fingerprint density at radius 3 is 1.71 bits per heavy atom. The summed E-state index contributed by atoms with van der Waals surface area (Å²) < 4.78 is 10.6. The van der Waals surface area contributed by atoms with Gasteiger partial charge in [0, 0.05) is 20.0 Å². The summed E-state index contributed by atoms with van der Waals surface area (Å²) in [6.07, 6.45) is 6.45. The normalized spacial score (nSPS) is 12.0. The fourth-order valence-corrected chi connectivity index (χ4v) is 2.15. The molecule has 0 spiro atoms. The van der Waals surface area contributed by atoms with E-state index in [1.54, 1.807) is 11.9 Å². The Hall–Kier alpha value is -1.26. The van der Waals surface area contributed by atoms with Gasteiger partial charge in [0.25, 0.3) is 0 Å². The van der Waals surface area contributed by atoms with Gasteiger partial charge in [-0.1, -0.05) is 25.7 Å². The van der Waals surface area contributed by atoms with Crippen LogP contribution in [-0.2, 0) is 14.3 Å². The lowest BCUT2D eigenvalue weighted by molar-refractivity contribution is -0.154. The van der Waals surface area contributed by atoms with E-state index in [0.717, 1.165) is 38.5 Å². The zero-order chi connectivity index (χ0) is 18.8. The highest BCUT2D eigenvalue weighted by Gasteiger charge is 2.19. The van der Waals surface area contributed by atoms with Gasteiger partial charge in [0.2, 0.25) is 0 Å². The average molecular weight is 344 g/mol. The molecule has 0 aliphatic carbocycles. The van der Waals surface area contributed by atoms with Crippen molar-refractivity contribution in [3.05, 3.63) is 0 Å². The van der Waals surface area contributed by atoms with Gasteiger partial charge in [-0.2, -0.15) is 0 Å². The van der Waals surface area contributed by atoms with Gasteiger partial charge in [0.15, 0.2) is 0 Å². The van der Waals surface area contributed by atoms with Crippen molar-refractivity contribution in [2.75, 3.05) is 13.6 Å². The van der Waals surface area contributed by atoms with Crippen molar-refractivity contribution in [1.82, 2.24) is 4.90 Å². The van der Waals surface area contributed by atoms with Crippen molar-refractivity contribution in [2.45, 2.75) is 97.7 Å². The Balaban J connectivity index is 3.58. The van der Waals surface area contributed by atoms with E-state index >= 15 is 0 Å². The molecule has 0 radical (unpaired) electrons. The van der Waals surface area contributed by atoms with Crippen molar-refractivity contribution in [3.63, 3.8) is 0 Å². The van der Waals surface area contributed by atoms with Crippen LogP contribution in [0.3, 0.4) is 0 Å². The van der Waals surface area contributed by atoms with Gasteiger partial charge in [-0.15, -0.1) is 0 Å². The van der Waals surface area contributed by atoms with Crippen molar-refractivity contribution >= 4 is 12.1 Å². The quantitative estimate of drug-likeness (QED) is 0.440. The van der Waals surface area contributed by atoms with Gasteiger partial charge in [-0.25, -0.2) is 4.79 Å². The predicted octanol–water partition coefficient (Wildman–Crippen LogP) is 4.93. The third kappa shape index (κ3) is 14.3. The number of ether oxygens (including phenoxy) is 2. The van der Waals surface area contributed by atoms with E-state index in [1.807, 2.05) is 41.5 Å². The van der Waals surface area contributed by atoms with Crippen molar-refractivity contribution < 1.29 is 19.1 Å². The van der Waals surface area contributed by atoms with Gasteiger partial charge in [0.1, 0.15) is 11.2 Å². The predicted molar refractivity (Wildman–Crippen MR) is 97.0 cm³/mol. The topological polar surface area (TPSA) is 55.8 Å². The molecule has 0 atom stereocenters. The Morgan fingerprint density at radius 1 is 0.750 bits per heavy atom. The zero-order valence-electron chi connectivity index (χ0n) is 16.7. The molecule has 0 aromatic carbocycles. The molecule has 0 saturated carbocycles. The van der Waals surface area contributed by atoms with E-state index in [4.69, 9.17) is 9.47 Å². The number of amides is 1. The number of rotatable bonds is 9. The zero-order valence-corrected chi connectivity index (χ0v) is 16.7. The lowest BCUT2D eigenvalue weighted by atomic mass is 10.1. The minimum atomic E-state index is -0.445. The molecule has 0 N–H and O–H groups in total. The Bertz CT molecular complexity index is 380. The van der Waals surface area contributed by atoms with E-state index < -0.39 is 11.2 Å². The van der Waals surface area contributed by atoms with E-state index in [1.165, 1.54) is 0 Å². The van der Waals surface area contributed by atoms with Crippen molar-refractivity contribution in [1.29, 1.82) is 0 Å². The van der Waals surface area contributed by atoms with Crippen molar-refractivity contribution in [3.8, 4) is 0 Å². The number of nitrogens with zero attached hydrogens (tertiary/aromatic N) is 1. The van der Waals surface area contributed by atoms with Crippen LogP contribution >= 0.6 is 0 Å². The van der Waals surface area contributed by atoms with Gasteiger partial charge in [-0.3, -0.25) is 4.79 Å². The Labute approximate surface area is 148 Å². The van der Waals surface area contributed by atoms with Crippen LogP contribution in [0.15, 0.2) is 0 Å². The molecule has 0 saturated heterocycles. The monoisotopic (exact) mass is 343 g/mol. The summed E-state index contributed by atoms with van der Waals surface area (Å²) in [4.78, 5) is 25.0. The fourth-order valence-electron chi connectivity index (χ4n) is 2.15. The SMILES string of the molecule is CN(CCCCCCCCC(=O)OC(C)(C)C)C(=O)OC(C)(C)C. The largest absolute Gasteiger partial charge is 0.460 e. The summed E-state index contributed by atoms with van der Waals surface area (Å²) in [6.45, 7) is 12.0. The van der Waals surface area contributed by atoms with Gasteiger partial charge >= 0.3 is 12.1 Å². The molecule has 0 aromatic heterocycles. The van der Waals surface area contributed by atoms with E-state index in [9.17, 15) is 9.59 Å². The number of carbonyl (C=O) groups excluding carboxylic acids is 2. The smallest absolute Gasteiger partial charge is 0.410 e. The maximum Gasteiger partial charge on any atom is 0.410 e. The molecule has 0 aromatic rings. The summed E-state index contributed by atoms with van der Waals surface area (Å²) in [5.41, 5.74) is -0.837. The van der Waals surface area contributed by atoms with Crippen LogP contribution in [0.2, 0.25) is 0 Å². The molecular formula is C19H37NO4. The van der Waals surface area contributed by atoms with Gasteiger partial charge in [0.05, 0.1) is 0 Å². The van der Waals surface area contributed by atoms with Crippen LogP contribution in [0.5, 0.6) is 0 Å². The second-order valence-electron chi connectivity index (χ2n) is 8.36. The minimum Gasteiger partial charge on any atom is -0.460 e. The molecule has 142 valence electrons. The van der Waals surface area contributed by atoms with Crippen LogP contribution in [0.1, 0.15) is 86.5 Å². The van der Waals surface area contributed by atoms with Gasteiger partial charge in [-0.05, 0) is 54.4 Å². The molecule has 0 aliphatic rings. The standard InChI is InChI=1S/C19H37NO4/c1-18(2,3)23-16(21)14-12-10-8-9-11-13-15-20(7)17(22)24-19(4,5)6/h8-15H2,1-7H3. The van der Waals surface area contributed by atoms with Crippen LogP contribution in [0, 0.1) is 0 Å². The lowest BCUT2D eigenvalue weighted by Gasteiger charge is -2.24. The van der Waals surface area contributed by atoms with E-state index in [0.29, 0.717) is 13.0 Å². The summed E-state index contributed by atoms with van der Waals surface area (Å²) >= 11 is 0. The molecule has 1 amide bonds. The lowest BCUT2D eigenvalue weighted by Crippen LogP contribution is -2.34. The molecule has 24 heavy (non-hydrogen) atoms. The second-order valence-corrected chi connectivity index (χ2v) is 8.36. The van der Waals surface area contributed by atoms with Crippen molar-refractivity contribution in [2.24, 2.45) is 0 Å². The molecule has 5 nitrogen and oxygen atoms in total. The highest BCUT2D eigenvalue weighted by Crippen LogP contribution is 2.13. The van der Waals surface area contributed by atoms with Crippen LogP contribution in [0.25, 0.3) is 0 Å². The first-order valence-corrected chi connectivity index (χ1v) is 9.07. The molecule has 0 bridgehead atoms. The molecular weight excluding hydrogens is 306 g/mol. The first kappa shape index (κ1) is 22.7. The third-order valence-corrected chi connectivity index (χ3v) is 3.25. The summed E-state index contributed by atoms with van der Waals surface area (Å²) in [5.74, 6) is -0.110. The molecule has 0 aliphatic heterocycles. The summed E-state index contributed by atoms with van der Waals surface area (Å²) in [5, 5.41) is 0. The Kier molecular flexibility index (Phi) is 10.0. The van der Waals surface area contributed by atoms with Gasteiger partial charge < -0.3 is 14.4 Å². The summed E-state index contributed by atoms with van der Waals surface area (Å²) in [7, 11) is 1.77. The highest BCUT2D eigenvalue weighted by atomic mass is 16.6. The molecule has 5 heteroatoms. The number of carbonyl (C=O) groups is 2. The van der Waals surface area contributed by atoms with Crippen LogP contribution < -0.4 is 0 Å². The number of hydrogen-bond acceptors (Lipinski definition) is 4. The molecule has 0 heterocycles. The molecule has 0 rings (SSSR count). The molecule has 0 fully saturated rings. The second kappa shape index (κ2) is 10.6. The Morgan fingerprint density at radius 2 is 1.21 bits per heavy atom. The number of esters is 1. The van der Waals surface area contributed by atoms with E-state index in [-0.39, 0.29) is 12.1 Å². The molecule has 0 unspecified atom stereocenters. The maximum absolute atomic E-state index is 11.8. The summed E-state index contributed by atoms with van der Waals surface area (Å²) in [6, 6.07) is 0. The van der Waals surface area contributed by atoms with E-state index in [2.05, 4.69) is 0 Å². The number of unbranched alkanes of at least 4 members (excludes halogenated alkanes) is 5. The fraction of sp³-hybridized carbons (Fsp3) is 0.895. The third-order valence-electron chi connectivity index (χ3n) is 3.25. The maximum atomic E-state index is 11.8. The first-order valence-electron chi connectivity index (χ1n) is 9.07. The first-order chi connectivity index (χ1) is 10.9. The van der Waals surface area contributed by atoms with Crippen LogP contribution in [0.4, 0.5) is 4.79 Å².